The Labute approximate surface area is 79.8 Å². The van der Waals surface area contributed by atoms with Crippen LogP contribution in [0.3, 0.4) is 0 Å². The van der Waals surface area contributed by atoms with Gasteiger partial charge in [-0.3, -0.25) is 4.98 Å². The fourth-order valence-corrected chi connectivity index (χ4v) is 1.02. The summed E-state index contributed by atoms with van der Waals surface area (Å²) in [5.74, 6) is 0.778. The molecular weight excluding hydrogens is 180 g/mol. The third-order valence-corrected chi connectivity index (χ3v) is 1.67. The van der Waals surface area contributed by atoms with Gasteiger partial charge in [0.15, 0.2) is 5.82 Å². The van der Waals surface area contributed by atoms with E-state index >= 15 is 0 Å². The predicted octanol–water partition coefficient (Wildman–Crippen LogP) is 0.795. The van der Waals surface area contributed by atoms with Crippen LogP contribution in [0.25, 0.3) is 10.7 Å². The second-order valence-electron chi connectivity index (χ2n) is 2.50. The van der Waals surface area contributed by atoms with Crippen molar-refractivity contribution in [1.82, 2.24) is 19.7 Å². The van der Waals surface area contributed by atoms with Gasteiger partial charge in [0.25, 0.3) is 0 Å². The van der Waals surface area contributed by atoms with Crippen molar-refractivity contribution in [3.05, 3.63) is 36.2 Å². The summed E-state index contributed by atoms with van der Waals surface area (Å²) in [4.78, 5) is 11.1. The van der Waals surface area contributed by atoms with Gasteiger partial charge < -0.3 is 5.73 Å². The van der Waals surface area contributed by atoms with Gasteiger partial charge in [-0.1, -0.05) is 0 Å². The molecule has 0 aliphatic heterocycles. The summed E-state index contributed by atoms with van der Waals surface area (Å²) < 4.78 is 1.38. The molecule has 2 aromatic rings. The van der Waals surface area contributed by atoms with Crippen molar-refractivity contribution in [3.63, 3.8) is 0 Å². The zero-order valence-corrected chi connectivity index (χ0v) is 7.12. The number of anilines is 1. The lowest BCUT2D eigenvalue weighted by molar-refractivity contribution is 0.847. The van der Waals surface area contributed by atoms with Crippen LogP contribution >= 0.6 is 0 Å². The lowest BCUT2D eigenvalue weighted by atomic mass is 10.5. The summed E-state index contributed by atoms with van der Waals surface area (Å²) in [6, 6.07) is 0. The molecule has 0 radical (unpaired) electrons. The van der Waals surface area contributed by atoms with Crippen molar-refractivity contribution in [2.45, 2.75) is 0 Å². The minimum Gasteiger partial charge on any atom is -0.392 e. The van der Waals surface area contributed by atoms with Gasteiger partial charge in [-0.2, -0.15) is 5.10 Å². The molecule has 6 heteroatoms. The van der Waals surface area contributed by atoms with Crippen LogP contribution in [-0.4, -0.2) is 19.7 Å². The summed E-state index contributed by atoms with van der Waals surface area (Å²) >= 11 is 0. The second-order valence-corrected chi connectivity index (χ2v) is 2.50. The van der Waals surface area contributed by atoms with Crippen molar-refractivity contribution in [2.24, 2.45) is 0 Å². The molecule has 14 heavy (non-hydrogen) atoms. The normalized spacial score (nSPS) is 9.64. The molecule has 68 valence electrons. The van der Waals surface area contributed by atoms with Gasteiger partial charge >= 0.3 is 0 Å². The van der Waals surface area contributed by atoms with Gasteiger partial charge in [0.05, 0.1) is 19.0 Å². The topological polar surface area (TPSA) is 74.0 Å². The predicted molar refractivity (Wildman–Crippen MR) is 49.8 cm³/mol. The van der Waals surface area contributed by atoms with E-state index < -0.39 is 0 Å². The van der Waals surface area contributed by atoms with Gasteiger partial charge in [0.2, 0.25) is 5.69 Å². The second kappa shape index (κ2) is 3.14. The van der Waals surface area contributed by atoms with Crippen molar-refractivity contribution in [2.75, 3.05) is 5.73 Å². The Morgan fingerprint density at radius 1 is 1.36 bits per heavy atom. The Hall–Kier alpha value is -2.42. The molecule has 0 bridgehead atoms. The molecule has 0 saturated heterocycles. The summed E-state index contributed by atoms with van der Waals surface area (Å²) in [5.41, 5.74) is 5.98. The van der Waals surface area contributed by atoms with E-state index in [9.17, 15) is 0 Å². The quantitative estimate of drug-likeness (QED) is 0.668. The molecule has 2 aromatic heterocycles. The third-order valence-electron chi connectivity index (χ3n) is 1.67. The number of nitrogens with two attached hydrogens (primary N) is 1. The van der Waals surface area contributed by atoms with Crippen LogP contribution in [0.1, 0.15) is 0 Å². The summed E-state index contributed by atoms with van der Waals surface area (Å²) in [6.45, 7) is 6.82. The standard InChI is InChI=1S/C8H6N6/c1-10-6-4-13-14(8(6)9)7-5-11-2-3-12-7/h2-5H,9H2. The molecule has 2 N–H and O–H groups in total. The van der Waals surface area contributed by atoms with E-state index in [1.54, 1.807) is 6.20 Å². The minimum atomic E-state index is 0.278. The summed E-state index contributed by atoms with van der Waals surface area (Å²) in [7, 11) is 0. The first kappa shape index (κ1) is 8.19. The highest BCUT2D eigenvalue weighted by Gasteiger charge is 2.08. The molecule has 6 nitrogen and oxygen atoms in total. The van der Waals surface area contributed by atoms with E-state index in [4.69, 9.17) is 12.3 Å². The Morgan fingerprint density at radius 3 is 2.79 bits per heavy atom. The molecular formula is C8H6N6. The molecule has 0 aromatic carbocycles. The first-order chi connectivity index (χ1) is 6.83. The lowest BCUT2D eigenvalue weighted by Crippen LogP contribution is -2.03. The Bertz CT molecular complexity index is 480. The van der Waals surface area contributed by atoms with Crippen molar-refractivity contribution in [1.29, 1.82) is 0 Å². The largest absolute Gasteiger partial charge is 0.392 e. The van der Waals surface area contributed by atoms with E-state index in [2.05, 4.69) is 19.9 Å². The smallest absolute Gasteiger partial charge is 0.247 e. The maximum Gasteiger partial charge on any atom is 0.247 e. The van der Waals surface area contributed by atoms with Gasteiger partial charge in [0, 0.05) is 12.4 Å². The van der Waals surface area contributed by atoms with E-state index in [-0.39, 0.29) is 5.82 Å². The van der Waals surface area contributed by atoms with Crippen molar-refractivity contribution < 1.29 is 0 Å². The molecule has 0 spiro atoms. The van der Waals surface area contributed by atoms with Crippen LogP contribution in [0, 0.1) is 6.57 Å². The Balaban J connectivity index is 2.54. The number of nitrogen functional groups attached to an aromatic ring is 1. The van der Waals surface area contributed by atoms with Crippen molar-refractivity contribution >= 4 is 11.5 Å². The van der Waals surface area contributed by atoms with Gasteiger partial charge in [-0.25, -0.2) is 14.5 Å². The SMILES string of the molecule is [C-]#[N+]c1cnn(-c2cnccn2)c1N. The minimum absolute atomic E-state index is 0.278. The van der Waals surface area contributed by atoms with E-state index in [1.807, 2.05) is 0 Å². The van der Waals surface area contributed by atoms with E-state index in [1.165, 1.54) is 23.3 Å². The van der Waals surface area contributed by atoms with Crippen LogP contribution in [0.15, 0.2) is 24.8 Å². The maximum atomic E-state index is 6.82. The molecule has 0 aliphatic rings. The fraction of sp³-hybridized carbons (Fsp3) is 0. The monoisotopic (exact) mass is 186 g/mol. The molecule has 2 rings (SSSR count). The molecule has 0 unspecified atom stereocenters. The van der Waals surface area contributed by atoms with Gasteiger partial charge in [0.1, 0.15) is 5.82 Å². The van der Waals surface area contributed by atoms with Gasteiger partial charge in [-0.05, 0) is 0 Å². The highest BCUT2D eigenvalue weighted by atomic mass is 15.3. The first-order valence-electron chi connectivity index (χ1n) is 3.80. The summed E-state index contributed by atoms with van der Waals surface area (Å²) in [5, 5.41) is 3.93. The van der Waals surface area contributed by atoms with Crippen LogP contribution in [-0.2, 0) is 0 Å². The average Bonchev–Trinajstić information content (AvgIpc) is 2.61. The fourth-order valence-electron chi connectivity index (χ4n) is 1.02. The number of hydrogen-bond donors (Lipinski definition) is 1. The number of nitrogens with zero attached hydrogens (tertiary/aromatic N) is 5. The molecule has 0 aliphatic carbocycles. The first-order valence-corrected chi connectivity index (χ1v) is 3.80. The maximum absolute atomic E-state index is 6.82. The lowest BCUT2D eigenvalue weighted by Gasteiger charge is -2.00. The third kappa shape index (κ3) is 1.17. The zero-order chi connectivity index (χ0) is 9.97. The molecule has 2 heterocycles. The van der Waals surface area contributed by atoms with E-state index in [0.717, 1.165) is 0 Å². The number of aromatic nitrogens is 4. The summed E-state index contributed by atoms with van der Waals surface area (Å²) in [6.07, 6.45) is 6.01. The van der Waals surface area contributed by atoms with Crippen molar-refractivity contribution in [3.8, 4) is 5.82 Å². The van der Waals surface area contributed by atoms with Crippen LogP contribution < -0.4 is 5.73 Å². The molecule has 0 fully saturated rings. The Morgan fingerprint density at radius 2 is 2.21 bits per heavy atom. The molecule has 0 saturated carbocycles. The van der Waals surface area contributed by atoms with Crippen LogP contribution in [0.5, 0.6) is 0 Å². The molecule has 0 atom stereocenters. The average molecular weight is 186 g/mol. The van der Waals surface area contributed by atoms with Crippen LogP contribution in [0.4, 0.5) is 11.5 Å². The highest BCUT2D eigenvalue weighted by molar-refractivity contribution is 5.63. The Kier molecular flexibility index (Phi) is 1.84. The number of hydrogen-bond acceptors (Lipinski definition) is 4. The van der Waals surface area contributed by atoms with Gasteiger partial charge in [-0.15, -0.1) is 0 Å². The zero-order valence-electron chi connectivity index (χ0n) is 7.12. The van der Waals surface area contributed by atoms with E-state index in [0.29, 0.717) is 11.5 Å². The number of rotatable bonds is 1. The van der Waals surface area contributed by atoms with Crippen LogP contribution in [0.2, 0.25) is 0 Å². The molecule has 0 amide bonds. The highest BCUT2D eigenvalue weighted by Crippen LogP contribution is 2.22.